The Morgan fingerprint density at radius 1 is 1.06 bits per heavy atom. The molecule has 3 aromatic rings. The quantitative estimate of drug-likeness (QED) is 0.314. The number of aliphatic carboxylic acids is 1. The van der Waals surface area contributed by atoms with Gasteiger partial charge in [0.15, 0.2) is 0 Å². The van der Waals surface area contributed by atoms with Gasteiger partial charge in [0.25, 0.3) is 5.91 Å². The number of hydrogen-bond acceptors (Lipinski definition) is 5. The minimum absolute atomic E-state index is 0.0272. The number of aromatic amines is 1. The van der Waals surface area contributed by atoms with Crippen molar-refractivity contribution in [3.63, 3.8) is 0 Å². The van der Waals surface area contributed by atoms with Crippen LogP contribution in [0.1, 0.15) is 53.9 Å². The Hall–Kier alpha value is -3.88. The first-order valence-corrected chi connectivity index (χ1v) is 12.1. The van der Waals surface area contributed by atoms with Crippen LogP contribution in [0, 0.1) is 0 Å². The highest BCUT2D eigenvalue weighted by Crippen LogP contribution is 2.31. The number of H-pyrrole nitrogens is 1. The van der Waals surface area contributed by atoms with E-state index in [1.807, 2.05) is 36.4 Å². The Balaban J connectivity index is 1.17. The third kappa shape index (κ3) is 6.38. The maximum atomic E-state index is 13.0. The number of unbranched alkanes of at least 4 members (excludes halogenated alkanes) is 2. The average molecular weight is 478 g/mol. The lowest BCUT2D eigenvalue weighted by molar-refractivity contribution is -0.137. The molecule has 0 saturated carbocycles. The summed E-state index contributed by atoms with van der Waals surface area (Å²) in [7, 11) is 0. The van der Waals surface area contributed by atoms with E-state index < -0.39 is 5.97 Å². The molecule has 2 amide bonds. The summed E-state index contributed by atoms with van der Waals surface area (Å²) in [5.41, 5.74) is 3.17. The Morgan fingerprint density at radius 2 is 1.83 bits per heavy atom. The molecule has 2 aromatic carbocycles. The third-order valence-electron chi connectivity index (χ3n) is 6.28. The van der Waals surface area contributed by atoms with Gasteiger partial charge in [-0.15, -0.1) is 0 Å². The van der Waals surface area contributed by atoms with Gasteiger partial charge in [-0.3, -0.25) is 14.4 Å². The molecule has 9 heteroatoms. The molecule has 1 aromatic heterocycles. The largest absolute Gasteiger partial charge is 0.481 e. The monoisotopic (exact) mass is 477 g/mol. The van der Waals surface area contributed by atoms with E-state index in [1.54, 1.807) is 12.1 Å². The summed E-state index contributed by atoms with van der Waals surface area (Å²) in [5.74, 6) is -0.799. The summed E-state index contributed by atoms with van der Waals surface area (Å²) < 4.78 is 0. The highest BCUT2D eigenvalue weighted by atomic mass is 16.4. The third-order valence-corrected chi connectivity index (χ3v) is 6.28. The fourth-order valence-corrected chi connectivity index (χ4v) is 4.49. The van der Waals surface area contributed by atoms with Crippen molar-refractivity contribution in [2.24, 2.45) is 0 Å². The van der Waals surface area contributed by atoms with Crippen LogP contribution in [0.25, 0.3) is 11.0 Å². The molecule has 35 heavy (non-hydrogen) atoms. The van der Waals surface area contributed by atoms with Crippen LogP contribution in [0.15, 0.2) is 48.5 Å². The van der Waals surface area contributed by atoms with E-state index in [9.17, 15) is 19.5 Å². The molecule has 0 spiro atoms. The number of rotatable bonds is 11. The lowest BCUT2D eigenvalue weighted by Crippen LogP contribution is -2.41. The fourth-order valence-electron chi connectivity index (χ4n) is 4.49. The van der Waals surface area contributed by atoms with E-state index in [0.717, 1.165) is 48.4 Å². The standard InChI is InChI=1S/C26H31N5O4/c32-23(27-13-6-1-7-14-28-26-29-21-10-4-5-11-22(21)30-26)17-31-15-12-18(16-24(33)34)19-8-2-3-9-20(19)25(31)35/h2-5,8-11,18H,1,6-7,12-17H2,(H,27,32)(H,33,34)(H2,28,29,30). The Kier molecular flexibility index (Phi) is 7.97. The van der Waals surface area contributed by atoms with Gasteiger partial charge in [-0.2, -0.15) is 0 Å². The molecule has 0 saturated heterocycles. The molecule has 4 N–H and O–H groups in total. The predicted molar refractivity (Wildman–Crippen MR) is 133 cm³/mol. The minimum atomic E-state index is -0.892. The SMILES string of the molecule is O=C(O)CC1CCN(CC(=O)NCCCCCNc2nc3ccccc3[nH]2)C(=O)c2ccccc21. The van der Waals surface area contributed by atoms with Gasteiger partial charge in [0.2, 0.25) is 11.9 Å². The van der Waals surface area contributed by atoms with Crippen molar-refractivity contribution in [3.05, 3.63) is 59.7 Å². The first kappa shape index (κ1) is 24.3. The van der Waals surface area contributed by atoms with Crippen LogP contribution in [-0.2, 0) is 9.59 Å². The van der Waals surface area contributed by atoms with Crippen LogP contribution in [0.5, 0.6) is 0 Å². The second kappa shape index (κ2) is 11.5. The van der Waals surface area contributed by atoms with Crippen molar-refractivity contribution in [3.8, 4) is 0 Å². The molecule has 1 unspecified atom stereocenters. The molecular weight excluding hydrogens is 446 g/mol. The van der Waals surface area contributed by atoms with Crippen LogP contribution in [0.2, 0.25) is 0 Å². The Morgan fingerprint density at radius 3 is 2.66 bits per heavy atom. The van der Waals surface area contributed by atoms with Crippen molar-refractivity contribution in [1.29, 1.82) is 0 Å². The summed E-state index contributed by atoms with van der Waals surface area (Å²) in [4.78, 5) is 46.0. The number of carbonyl (C=O) groups is 3. The second-order valence-corrected chi connectivity index (χ2v) is 8.84. The van der Waals surface area contributed by atoms with Crippen LogP contribution in [-0.4, -0.2) is 63.9 Å². The summed E-state index contributed by atoms with van der Waals surface area (Å²) in [6.45, 7) is 1.66. The number of anilines is 1. The zero-order chi connectivity index (χ0) is 24.6. The number of nitrogens with one attached hydrogen (secondary N) is 3. The zero-order valence-electron chi connectivity index (χ0n) is 19.6. The smallest absolute Gasteiger partial charge is 0.303 e. The highest BCUT2D eigenvalue weighted by Gasteiger charge is 2.29. The molecule has 0 bridgehead atoms. The summed E-state index contributed by atoms with van der Waals surface area (Å²) >= 11 is 0. The van der Waals surface area contributed by atoms with Crippen LogP contribution in [0.4, 0.5) is 5.95 Å². The lowest BCUT2D eigenvalue weighted by atomic mass is 9.90. The lowest BCUT2D eigenvalue weighted by Gasteiger charge is -2.20. The Bertz CT molecular complexity index is 1160. The van der Waals surface area contributed by atoms with Crippen LogP contribution >= 0.6 is 0 Å². The molecule has 0 radical (unpaired) electrons. The number of carboxylic acids is 1. The molecule has 9 nitrogen and oxygen atoms in total. The van der Waals surface area contributed by atoms with Gasteiger partial charge in [-0.25, -0.2) is 4.98 Å². The van der Waals surface area contributed by atoms with Gasteiger partial charge in [0.05, 0.1) is 24.0 Å². The Labute approximate surface area is 203 Å². The van der Waals surface area contributed by atoms with Gasteiger partial charge in [-0.05, 0) is 55.4 Å². The van der Waals surface area contributed by atoms with Crippen molar-refractivity contribution in [2.45, 2.75) is 38.0 Å². The van der Waals surface area contributed by atoms with E-state index in [2.05, 4.69) is 20.6 Å². The van der Waals surface area contributed by atoms with Gasteiger partial charge < -0.3 is 25.6 Å². The molecule has 184 valence electrons. The maximum Gasteiger partial charge on any atom is 0.303 e. The van der Waals surface area contributed by atoms with Crippen LogP contribution in [0.3, 0.4) is 0 Å². The van der Waals surface area contributed by atoms with Crippen LogP contribution < -0.4 is 10.6 Å². The first-order chi connectivity index (χ1) is 17.0. The zero-order valence-corrected chi connectivity index (χ0v) is 19.6. The number of aromatic nitrogens is 2. The fraction of sp³-hybridized carbons (Fsp3) is 0.385. The van der Waals surface area contributed by atoms with E-state index in [-0.39, 0.29) is 30.7 Å². The van der Waals surface area contributed by atoms with Gasteiger partial charge in [-0.1, -0.05) is 30.3 Å². The number of benzene rings is 2. The molecule has 4 rings (SSSR count). The van der Waals surface area contributed by atoms with Crippen molar-refractivity contribution in [2.75, 3.05) is 31.5 Å². The molecule has 0 fully saturated rings. The van der Waals surface area contributed by atoms with Gasteiger partial charge in [0, 0.05) is 25.2 Å². The molecule has 2 heterocycles. The number of amides is 2. The maximum absolute atomic E-state index is 13.0. The highest BCUT2D eigenvalue weighted by molar-refractivity contribution is 5.98. The van der Waals surface area contributed by atoms with E-state index >= 15 is 0 Å². The van der Waals surface area contributed by atoms with Gasteiger partial charge in [0.1, 0.15) is 0 Å². The topological polar surface area (TPSA) is 127 Å². The summed E-state index contributed by atoms with van der Waals surface area (Å²) in [6.07, 6.45) is 3.21. The predicted octanol–water partition coefficient (Wildman–Crippen LogP) is 3.37. The second-order valence-electron chi connectivity index (χ2n) is 8.84. The van der Waals surface area contributed by atoms with E-state index in [1.165, 1.54) is 4.90 Å². The van der Waals surface area contributed by atoms with Crippen molar-refractivity contribution < 1.29 is 19.5 Å². The summed E-state index contributed by atoms with van der Waals surface area (Å²) in [5, 5.41) is 15.4. The number of carbonyl (C=O) groups excluding carboxylic acids is 2. The van der Waals surface area contributed by atoms with E-state index in [4.69, 9.17) is 0 Å². The number of carboxylic acid groups (broad SMARTS) is 1. The molecule has 1 atom stereocenters. The molecule has 1 aliphatic heterocycles. The molecule has 1 aliphatic rings. The normalized spacial score (nSPS) is 15.5. The number of para-hydroxylation sites is 2. The van der Waals surface area contributed by atoms with E-state index in [0.29, 0.717) is 25.1 Å². The minimum Gasteiger partial charge on any atom is -0.481 e. The molecular formula is C26H31N5O4. The van der Waals surface area contributed by atoms with Crippen molar-refractivity contribution >= 4 is 34.8 Å². The summed E-state index contributed by atoms with van der Waals surface area (Å²) in [6, 6.07) is 15.0. The number of hydrogen-bond donors (Lipinski definition) is 4. The number of imidazole rings is 1. The number of nitrogens with zero attached hydrogens (tertiary/aromatic N) is 2. The first-order valence-electron chi connectivity index (χ1n) is 12.1. The average Bonchev–Trinajstić information content (AvgIpc) is 3.22. The number of fused-ring (bicyclic) bond motifs is 2. The molecule has 0 aliphatic carbocycles. The van der Waals surface area contributed by atoms with Gasteiger partial charge >= 0.3 is 5.97 Å². The van der Waals surface area contributed by atoms with Crippen molar-refractivity contribution in [1.82, 2.24) is 20.2 Å².